The van der Waals surface area contributed by atoms with E-state index in [1.807, 2.05) is 32.9 Å². The van der Waals surface area contributed by atoms with Gasteiger partial charge < -0.3 is 10.4 Å². The van der Waals surface area contributed by atoms with Crippen molar-refractivity contribution >= 4 is 21.6 Å². The van der Waals surface area contributed by atoms with E-state index >= 15 is 0 Å². The summed E-state index contributed by atoms with van der Waals surface area (Å²) in [6, 6.07) is 12.7. The second kappa shape index (κ2) is 25.5. The number of carboxylic acids is 1. The first-order valence-corrected chi connectivity index (χ1v) is 25.2. The van der Waals surface area contributed by atoms with Gasteiger partial charge in [-0.25, -0.2) is 17.6 Å². The summed E-state index contributed by atoms with van der Waals surface area (Å²) in [4.78, 5) is 14.1. The van der Waals surface area contributed by atoms with Crippen LogP contribution >= 0.6 is 0 Å². The molecule has 1 heterocycles. The third-order valence-corrected chi connectivity index (χ3v) is 18.1. The number of hydrogen-bond donors (Lipinski definition) is 2. The van der Waals surface area contributed by atoms with E-state index in [0.717, 1.165) is 37.3 Å². The minimum absolute atomic E-state index is 0.0243. The van der Waals surface area contributed by atoms with Crippen molar-refractivity contribution in [3.05, 3.63) is 84.2 Å². The van der Waals surface area contributed by atoms with Crippen molar-refractivity contribution in [3.63, 3.8) is 0 Å². The molecule has 0 bridgehead atoms. The van der Waals surface area contributed by atoms with E-state index in [0.29, 0.717) is 49.0 Å². The number of allylic oxidation sites excluding steroid dienone is 3. The number of piperazine rings is 1. The molecule has 4 saturated carbocycles. The lowest BCUT2D eigenvalue weighted by Gasteiger charge is -2.68. The Morgan fingerprint density at radius 1 is 0.788 bits per heavy atom. The maximum Gasteiger partial charge on any atom is 0.335 e. The third-order valence-electron chi connectivity index (χ3n) is 16.2. The van der Waals surface area contributed by atoms with Crippen molar-refractivity contribution in [2.75, 3.05) is 39.3 Å². The monoisotopic (exact) mass is 922 g/mol. The zero-order valence-electron chi connectivity index (χ0n) is 41.2. The molecule has 5 fully saturated rings. The lowest BCUT2D eigenvalue weighted by Crippen LogP contribution is -2.64. The molecule has 0 amide bonds. The van der Waals surface area contributed by atoms with Gasteiger partial charge in [0, 0.05) is 44.8 Å². The van der Waals surface area contributed by atoms with Gasteiger partial charge in [0.15, 0.2) is 0 Å². The largest absolute Gasteiger partial charge is 0.478 e. The van der Waals surface area contributed by atoms with Crippen LogP contribution in [-0.2, 0) is 10.0 Å². The molecule has 2 N–H and O–H groups in total. The highest BCUT2D eigenvalue weighted by atomic mass is 32.2. The summed E-state index contributed by atoms with van der Waals surface area (Å²) in [5, 5.41) is 13.6. The Morgan fingerprint density at radius 3 is 1.92 bits per heavy atom. The Morgan fingerprint density at radius 2 is 1.36 bits per heavy atom. The van der Waals surface area contributed by atoms with Crippen LogP contribution in [-0.4, -0.2) is 73.5 Å². The van der Waals surface area contributed by atoms with Crippen molar-refractivity contribution in [1.29, 1.82) is 0 Å². The molecule has 66 heavy (non-hydrogen) atoms. The highest BCUT2D eigenvalue weighted by Crippen LogP contribution is 2.72. The quantitative estimate of drug-likeness (QED) is 0.203. The number of terminal acetylenes is 4. The van der Waals surface area contributed by atoms with Gasteiger partial charge in [-0.1, -0.05) is 72.2 Å². The number of carbonyl (C=O) groups is 1. The zero-order valence-corrected chi connectivity index (χ0v) is 42.0. The lowest BCUT2D eigenvalue weighted by molar-refractivity contribution is -0.172. The molecule has 1 saturated heterocycles. The molecule has 1 aliphatic heterocycles. The standard InChI is InChI=1S/C44H60FN3O4S.C3H6.C2H6.4C2H2/c1-41(2)35(30-7-9-31(10-8-30)40(49)50)17-21-43(4)38(41)19-22-42(3)36-18-23-44(20-5-6-37(44)34(36)15-16-39(42)43)46-24-25-47-26-28-48(29-27-47)53(51,52)33-13-11-32(45)12-14-33;1-3-2;5*1-2/h7-14,17,34,36-39,46H,5-6,15-16,18-29H2,1-4H3,(H,49,50);3H,1H2,2H3;1-2H3;4*1-2H/t34-,36?,37?,38?,39?,42-,43-,44-;;;;;;/m0....../s1. The first-order chi connectivity index (χ1) is 31.6. The number of nitrogens with one attached hydrogen (secondary N) is 1. The molecule has 9 heteroatoms. The maximum atomic E-state index is 13.4. The summed E-state index contributed by atoms with van der Waals surface area (Å²) in [6.07, 6.45) is 49.2. The van der Waals surface area contributed by atoms with Crippen molar-refractivity contribution in [3.8, 4) is 51.4 Å². The number of sulfonamides is 1. The second-order valence-electron chi connectivity index (χ2n) is 19.2. The van der Waals surface area contributed by atoms with Crippen LogP contribution in [0, 0.1) is 103 Å². The van der Waals surface area contributed by atoms with Crippen molar-refractivity contribution in [2.24, 2.45) is 45.8 Å². The first kappa shape index (κ1) is 57.5. The van der Waals surface area contributed by atoms with Crippen LogP contribution in [0.3, 0.4) is 0 Å². The van der Waals surface area contributed by atoms with E-state index < -0.39 is 21.8 Å². The maximum absolute atomic E-state index is 13.4. The van der Waals surface area contributed by atoms with E-state index in [9.17, 15) is 22.7 Å². The van der Waals surface area contributed by atoms with E-state index in [1.54, 1.807) is 22.5 Å². The van der Waals surface area contributed by atoms with Crippen LogP contribution < -0.4 is 5.32 Å². The minimum atomic E-state index is -3.61. The van der Waals surface area contributed by atoms with Gasteiger partial charge in [-0.05, 0) is 158 Å². The normalized spacial score (nSPS) is 30.2. The van der Waals surface area contributed by atoms with Gasteiger partial charge in [0.25, 0.3) is 0 Å². The summed E-state index contributed by atoms with van der Waals surface area (Å²) in [6.45, 7) is 23.7. The van der Waals surface area contributed by atoms with Crippen LogP contribution in [0.25, 0.3) is 5.57 Å². The van der Waals surface area contributed by atoms with Gasteiger partial charge in [0.05, 0.1) is 10.5 Å². The zero-order chi connectivity index (χ0) is 50.1. The molecule has 0 spiro atoms. The van der Waals surface area contributed by atoms with Gasteiger partial charge in [-0.2, -0.15) is 4.31 Å². The summed E-state index contributed by atoms with van der Waals surface area (Å²) >= 11 is 0. The van der Waals surface area contributed by atoms with E-state index in [1.165, 1.54) is 93.2 Å². The molecule has 360 valence electrons. The molecule has 8 atom stereocenters. The van der Waals surface area contributed by atoms with Crippen molar-refractivity contribution < 1.29 is 22.7 Å². The smallest absolute Gasteiger partial charge is 0.335 e. The first-order valence-electron chi connectivity index (χ1n) is 23.8. The van der Waals surface area contributed by atoms with Gasteiger partial charge in [-0.3, -0.25) is 4.90 Å². The van der Waals surface area contributed by atoms with Crippen LogP contribution in [0.5, 0.6) is 0 Å². The van der Waals surface area contributed by atoms with Crippen LogP contribution in [0.1, 0.15) is 129 Å². The average Bonchev–Trinajstić information content (AvgIpc) is 3.77. The van der Waals surface area contributed by atoms with Gasteiger partial charge in [-0.15, -0.1) is 58.0 Å². The molecule has 5 aliphatic carbocycles. The Labute approximate surface area is 400 Å². The molecule has 0 aromatic heterocycles. The summed E-state index contributed by atoms with van der Waals surface area (Å²) in [5.41, 5.74) is 3.80. The van der Waals surface area contributed by atoms with E-state index in [2.05, 4.69) is 102 Å². The van der Waals surface area contributed by atoms with Crippen LogP contribution in [0.15, 0.2) is 72.2 Å². The molecule has 7 nitrogen and oxygen atoms in total. The molecular weight excluding hydrogens is 842 g/mol. The fourth-order valence-electron chi connectivity index (χ4n) is 13.8. The predicted molar refractivity (Wildman–Crippen MR) is 274 cm³/mol. The highest BCUT2D eigenvalue weighted by Gasteiger charge is 2.65. The number of nitrogens with zero attached hydrogens (tertiary/aromatic N) is 2. The third kappa shape index (κ3) is 11.6. The van der Waals surface area contributed by atoms with Crippen LogP contribution in [0.2, 0.25) is 0 Å². The SMILES string of the molecule is C#C.C#C.C#C.C#C.C=CC.CC.CC1(C)C(c2ccc(C(=O)O)cc2)=CC[C@@]2(C)C1CC[C@@]1(C)C3CC[C@@]4(NCCN5CCN(S(=O)(=O)c6ccc(F)cc6)CC5)CCCC4[C@H]3CCC12. The number of fused-ring (bicyclic) bond motifs is 7. The van der Waals surface area contributed by atoms with E-state index in [4.69, 9.17) is 0 Å². The number of carboxylic acid groups (broad SMARTS) is 1. The van der Waals surface area contributed by atoms with Gasteiger partial charge >= 0.3 is 5.97 Å². The molecule has 2 aromatic rings. The second-order valence-corrected chi connectivity index (χ2v) is 21.1. The highest BCUT2D eigenvalue weighted by molar-refractivity contribution is 7.89. The Hall–Kier alpha value is -4.61. The van der Waals surface area contributed by atoms with Gasteiger partial charge in [0.2, 0.25) is 10.0 Å². The molecule has 4 unspecified atom stereocenters. The summed E-state index contributed by atoms with van der Waals surface area (Å²) in [5.74, 6) is 2.33. The Bertz CT molecular complexity index is 2050. The number of halogens is 1. The lowest BCUT2D eigenvalue weighted by atomic mass is 9.37. The van der Waals surface area contributed by atoms with E-state index in [-0.39, 0.29) is 21.3 Å². The predicted octanol–water partition coefficient (Wildman–Crippen LogP) is 11.5. The molecular formula is C57H80FN3O4S. The van der Waals surface area contributed by atoms with Gasteiger partial charge in [0.1, 0.15) is 5.82 Å². The fourth-order valence-corrected chi connectivity index (χ4v) is 15.2. The molecule has 0 radical (unpaired) electrons. The summed E-state index contributed by atoms with van der Waals surface area (Å²) < 4.78 is 41.2. The topological polar surface area (TPSA) is 89.9 Å². The Balaban J connectivity index is 0.00000106. The van der Waals surface area contributed by atoms with Crippen molar-refractivity contribution in [2.45, 2.75) is 123 Å². The molecule has 6 aliphatic rings. The summed E-state index contributed by atoms with van der Waals surface area (Å²) in [7, 11) is -3.61. The molecule has 2 aromatic carbocycles. The minimum Gasteiger partial charge on any atom is -0.478 e. The Kier molecular flexibility index (Phi) is 22.2. The molecule has 8 rings (SSSR count). The number of aromatic carboxylic acids is 1. The number of benzene rings is 2. The fraction of sp³-hybridized carbons (Fsp3) is 0.561. The van der Waals surface area contributed by atoms with Crippen LogP contribution in [0.4, 0.5) is 4.39 Å². The number of rotatable bonds is 8. The number of hydrogen-bond acceptors (Lipinski definition) is 5. The van der Waals surface area contributed by atoms with Crippen molar-refractivity contribution in [1.82, 2.24) is 14.5 Å². The average molecular weight is 922 g/mol.